The van der Waals surface area contributed by atoms with Gasteiger partial charge in [-0.15, -0.1) is 0 Å². The molecule has 1 aromatic rings. The van der Waals surface area contributed by atoms with Gasteiger partial charge in [-0.05, 0) is 24.5 Å². The second kappa shape index (κ2) is 5.61. The zero-order valence-electron chi connectivity index (χ0n) is 7.68. The van der Waals surface area contributed by atoms with Crippen LogP contribution < -0.4 is 0 Å². The molecule has 0 atom stereocenters. The summed E-state index contributed by atoms with van der Waals surface area (Å²) in [5, 5.41) is 0.690. The van der Waals surface area contributed by atoms with E-state index in [0.29, 0.717) is 5.02 Å². The van der Waals surface area contributed by atoms with Crippen molar-refractivity contribution in [3.63, 3.8) is 0 Å². The van der Waals surface area contributed by atoms with Gasteiger partial charge in [0.05, 0.1) is 0 Å². The second-order valence-corrected chi connectivity index (χ2v) is 3.20. The van der Waals surface area contributed by atoms with Crippen LogP contribution in [0, 0.1) is 11.8 Å². The lowest BCUT2D eigenvalue weighted by atomic mass is 10.2. The Morgan fingerprint density at radius 2 is 2.38 bits per heavy atom. The predicted octanol–water partition coefficient (Wildman–Crippen LogP) is 3.28. The van der Waals surface area contributed by atoms with Crippen LogP contribution in [0.2, 0.25) is 5.02 Å². The molecule has 13 heavy (non-hydrogen) atoms. The summed E-state index contributed by atoms with van der Waals surface area (Å²) in [6.45, 7) is 2.15. The fourth-order valence-corrected chi connectivity index (χ4v) is 1.05. The Hall–Kier alpha value is -1.00. The first-order valence-electron chi connectivity index (χ1n) is 4.43. The van der Waals surface area contributed by atoms with Crippen molar-refractivity contribution in [2.75, 3.05) is 0 Å². The molecule has 0 fully saturated rings. The fraction of sp³-hybridized carbons (Fsp3) is 0.364. The molecule has 0 unspecified atom stereocenters. The molecule has 0 aliphatic carbocycles. The third kappa shape index (κ3) is 3.96. The van der Waals surface area contributed by atoms with E-state index in [9.17, 15) is 0 Å². The molecule has 1 aromatic heterocycles. The van der Waals surface area contributed by atoms with Crippen LogP contribution in [0.3, 0.4) is 0 Å². The highest BCUT2D eigenvalue weighted by Crippen LogP contribution is 2.06. The smallest absolute Gasteiger partial charge is 0.114 e. The standard InChI is InChI=1S/C11H12ClN/c1-2-3-4-5-6-11-9-10(12)7-8-13-11/h7-9H,2-4H2,1H3. The lowest BCUT2D eigenvalue weighted by Crippen LogP contribution is -1.79. The highest BCUT2D eigenvalue weighted by Gasteiger charge is 1.88. The molecule has 68 valence electrons. The number of halogens is 1. The quantitative estimate of drug-likeness (QED) is 0.519. The number of unbranched alkanes of at least 4 members (excludes halogenated alkanes) is 2. The molecule has 0 radical (unpaired) electrons. The van der Waals surface area contributed by atoms with E-state index in [2.05, 4.69) is 23.7 Å². The monoisotopic (exact) mass is 193 g/mol. The minimum Gasteiger partial charge on any atom is -0.248 e. The first-order valence-corrected chi connectivity index (χ1v) is 4.81. The van der Waals surface area contributed by atoms with Crippen molar-refractivity contribution >= 4 is 11.6 Å². The van der Waals surface area contributed by atoms with Gasteiger partial charge in [0.25, 0.3) is 0 Å². The maximum Gasteiger partial charge on any atom is 0.114 e. The van der Waals surface area contributed by atoms with Crippen LogP contribution in [-0.2, 0) is 0 Å². The van der Waals surface area contributed by atoms with Gasteiger partial charge in [-0.3, -0.25) is 0 Å². The van der Waals surface area contributed by atoms with E-state index in [0.717, 1.165) is 18.5 Å². The number of rotatable bonds is 2. The summed E-state index contributed by atoms with van der Waals surface area (Å²) in [6, 6.07) is 3.53. The summed E-state index contributed by atoms with van der Waals surface area (Å²) in [7, 11) is 0. The molecule has 0 aliphatic rings. The number of hydrogen-bond donors (Lipinski definition) is 0. The van der Waals surface area contributed by atoms with Crippen molar-refractivity contribution < 1.29 is 0 Å². The van der Waals surface area contributed by atoms with E-state index in [1.165, 1.54) is 6.42 Å². The Kier molecular flexibility index (Phi) is 4.35. The van der Waals surface area contributed by atoms with Gasteiger partial charge in [0.2, 0.25) is 0 Å². The van der Waals surface area contributed by atoms with E-state index in [-0.39, 0.29) is 0 Å². The average molecular weight is 194 g/mol. The molecule has 0 saturated heterocycles. The molecule has 0 aromatic carbocycles. The van der Waals surface area contributed by atoms with E-state index in [4.69, 9.17) is 11.6 Å². The minimum absolute atomic E-state index is 0.690. The zero-order chi connectivity index (χ0) is 9.52. The molecule has 2 heteroatoms. The number of hydrogen-bond acceptors (Lipinski definition) is 1. The normalized spacial score (nSPS) is 9.08. The first kappa shape index (κ1) is 10.1. The van der Waals surface area contributed by atoms with Crippen molar-refractivity contribution in [2.24, 2.45) is 0 Å². The second-order valence-electron chi connectivity index (χ2n) is 2.76. The number of nitrogens with zero attached hydrogens (tertiary/aromatic N) is 1. The molecule has 0 saturated carbocycles. The van der Waals surface area contributed by atoms with E-state index < -0.39 is 0 Å². The molecular weight excluding hydrogens is 182 g/mol. The largest absolute Gasteiger partial charge is 0.248 e. The molecule has 1 nitrogen and oxygen atoms in total. The van der Waals surface area contributed by atoms with E-state index in [1.54, 1.807) is 18.3 Å². The summed E-state index contributed by atoms with van der Waals surface area (Å²) in [4.78, 5) is 4.08. The Balaban J connectivity index is 2.56. The van der Waals surface area contributed by atoms with Gasteiger partial charge in [-0.25, -0.2) is 4.98 Å². The lowest BCUT2D eigenvalue weighted by molar-refractivity contribution is 0.828. The Labute approximate surface area is 84.1 Å². The topological polar surface area (TPSA) is 12.9 Å². The number of aromatic nitrogens is 1. The average Bonchev–Trinajstić information content (AvgIpc) is 2.13. The minimum atomic E-state index is 0.690. The van der Waals surface area contributed by atoms with Gasteiger partial charge in [0, 0.05) is 17.6 Å². The fourth-order valence-electron chi connectivity index (χ4n) is 0.891. The van der Waals surface area contributed by atoms with Gasteiger partial charge in [0.15, 0.2) is 0 Å². The van der Waals surface area contributed by atoms with Crippen molar-refractivity contribution in [2.45, 2.75) is 26.2 Å². The molecular formula is C11H12ClN. The van der Waals surface area contributed by atoms with Gasteiger partial charge in [0.1, 0.15) is 5.69 Å². The summed E-state index contributed by atoms with van der Waals surface area (Å²) in [5.41, 5.74) is 0.753. The highest BCUT2D eigenvalue weighted by molar-refractivity contribution is 6.30. The van der Waals surface area contributed by atoms with Gasteiger partial charge in [-0.2, -0.15) is 0 Å². The molecule has 0 spiro atoms. The zero-order valence-corrected chi connectivity index (χ0v) is 8.43. The van der Waals surface area contributed by atoms with Crippen molar-refractivity contribution in [1.82, 2.24) is 4.98 Å². The molecule has 0 N–H and O–H groups in total. The van der Waals surface area contributed by atoms with Crippen LogP contribution in [0.1, 0.15) is 31.9 Å². The van der Waals surface area contributed by atoms with Crippen LogP contribution in [0.25, 0.3) is 0 Å². The molecule has 1 rings (SSSR count). The first-order chi connectivity index (χ1) is 6.33. The number of pyridine rings is 1. The molecule has 0 aliphatic heterocycles. The lowest BCUT2D eigenvalue weighted by Gasteiger charge is -1.89. The van der Waals surface area contributed by atoms with Crippen LogP contribution >= 0.6 is 11.6 Å². The van der Waals surface area contributed by atoms with Crippen LogP contribution in [0.5, 0.6) is 0 Å². The molecule has 0 bridgehead atoms. The van der Waals surface area contributed by atoms with Crippen molar-refractivity contribution in [1.29, 1.82) is 0 Å². The molecule has 1 heterocycles. The van der Waals surface area contributed by atoms with Crippen LogP contribution in [-0.4, -0.2) is 4.98 Å². The van der Waals surface area contributed by atoms with Crippen molar-refractivity contribution in [3.8, 4) is 11.8 Å². The maximum absolute atomic E-state index is 5.78. The third-order valence-electron chi connectivity index (χ3n) is 1.59. The Morgan fingerprint density at radius 1 is 1.54 bits per heavy atom. The SMILES string of the molecule is CCCCC#Cc1cc(Cl)ccn1. The summed E-state index contributed by atoms with van der Waals surface area (Å²) < 4.78 is 0. The maximum atomic E-state index is 5.78. The third-order valence-corrected chi connectivity index (χ3v) is 1.83. The Morgan fingerprint density at radius 3 is 3.08 bits per heavy atom. The Bertz CT molecular complexity index is 322. The highest BCUT2D eigenvalue weighted by atomic mass is 35.5. The molecule has 0 amide bonds. The summed E-state index contributed by atoms with van der Waals surface area (Å²) in [6.07, 6.45) is 4.93. The van der Waals surface area contributed by atoms with Gasteiger partial charge < -0.3 is 0 Å². The van der Waals surface area contributed by atoms with E-state index in [1.807, 2.05) is 0 Å². The van der Waals surface area contributed by atoms with E-state index >= 15 is 0 Å². The predicted molar refractivity (Wildman–Crippen MR) is 55.7 cm³/mol. The van der Waals surface area contributed by atoms with Gasteiger partial charge in [-0.1, -0.05) is 30.9 Å². The van der Waals surface area contributed by atoms with Crippen LogP contribution in [0.4, 0.5) is 0 Å². The van der Waals surface area contributed by atoms with Crippen molar-refractivity contribution in [3.05, 3.63) is 29.0 Å². The summed E-state index contributed by atoms with van der Waals surface area (Å²) >= 11 is 5.78. The van der Waals surface area contributed by atoms with Crippen LogP contribution in [0.15, 0.2) is 18.3 Å². The van der Waals surface area contributed by atoms with Gasteiger partial charge >= 0.3 is 0 Å². The summed E-state index contributed by atoms with van der Waals surface area (Å²) in [5.74, 6) is 6.03.